The molecule has 0 aliphatic heterocycles. The summed E-state index contributed by atoms with van der Waals surface area (Å²) in [6.45, 7) is 4.77. The zero-order valence-corrected chi connectivity index (χ0v) is 33.2. The second-order valence-electron chi connectivity index (χ2n) is 16.8. The molecule has 0 amide bonds. The number of hydrogen-bond acceptors (Lipinski definition) is 1. The van der Waals surface area contributed by atoms with Crippen LogP contribution in [0.1, 0.15) is 47.2 Å². The lowest BCUT2D eigenvalue weighted by Crippen LogP contribution is -2.25. The molecule has 0 saturated heterocycles. The summed E-state index contributed by atoms with van der Waals surface area (Å²) < 4.78 is 0. The number of hydrogen-bond donors (Lipinski definition) is 0. The lowest BCUT2D eigenvalue weighted by Gasteiger charge is -2.31. The minimum absolute atomic E-state index is 0.180. The van der Waals surface area contributed by atoms with E-state index in [-0.39, 0.29) is 10.8 Å². The van der Waals surface area contributed by atoms with E-state index in [4.69, 9.17) is 0 Å². The van der Waals surface area contributed by atoms with E-state index >= 15 is 0 Å². The van der Waals surface area contributed by atoms with Gasteiger partial charge in [0.05, 0.1) is 5.41 Å². The maximum absolute atomic E-state index is 2.47. The van der Waals surface area contributed by atoms with Gasteiger partial charge in [0.1, 0.15) is 0 Å². The van der Waals surface area contributed by atoms with Crippen molar-refractivity contribution in [3.63, 3.8) is 0 Å². The summed E-state index contributed by atoms with van der Waals surface area (Å²) >= 11 is 0. The highest BCUT2D eigenvalue weighted by atomic mass is 15.1. The van der Waals surface area contributed by atoms with Crippen molar-refractivity contribution in [2.75, 3.05) is 4.90 Å². The van der Waals surface area contributed by atoms with Crippen LogP contribution in [0.25, 0.3) is 55.6 Å². The summed E-state index contributed by atoms with van der Waals surface area (Å²) in [7, 11) is 0. The van der Waals surface area contributed by atoms with Crippen molar-refractivity contribution in [2.24, 2.45) is 0 Å². The second kappa shape index (κ2) is 12.6. The van der Waals surface area contributed by atoms with Gasteiger partial charge in [0.25, 0.3) is 0 Å². The maximum atomic E-state index is 2.47. The Morgan fingerprint density at radius 1 is 0.271 bits per heavy atom. The Labute approximate surface area is 346 Å². The van der Waals surface area contributed by atoms with E-state index in [0.717, 1.165) is 17.1 Å². The van der Waals surface area contributed by atoms with E-state index in [2.05, 4.69) is 231 Å². The van der Waals surface area contributed by atoms with Gasteiger partial charge in [0, 0.05) is 22.5 Å². The second-order valence-corrected chi connectivity index (χ2v) is 16.8. The Kier molecular flexibility index (Phi) is 7.26. The highest BCUT2D eigenvalue weighted by Crippen LogP contribution is 2.63. The first-order valence-corrected chi connectivity index (χ1v) is 20.8. The minimum atomic E-state index is -0.373. The first-order chi connectivity index (χ1) is 29.0. The quantitative estimate of drug-likeness (QED) is 0.169. The molecule has 0 saturated carbocycles. The number of benzene rings is 9. The predicted molar refractivity (Wildman–Crippen MR) is 246 cm³/mol. The molecule has 3 aliphatic rings. The molecular weight excluding hydrogens is 711 g/mol. The van der Waals surface area contributed by atoms with E-state index in [9.17, 15) is 0 Å². The van der Waals surface area contributed by atoms with Gasteiger partial charge >= 0.3 is 0 Å². The number of rotatable bonds is 5. The van der Waals surface area contributed by atoms with Gasteiger partial charge in [0.15, 0.2) is 0 Å². The fourth-order valence-corrected chi connectivity index (χ4v) is 10.8. The van der Waals surface area contributed by atoms with Crippen LogP contribution in [0.4, 0.5) is 17.1 Å². The molecule has 1 nitrogen and oxygen atoms in total. The summed E-state index contributed by atoms with van der Waals surface area (Å²) in [6.07, 6.45) is 0. The summed E-state index contributed by atoms with van der Waals surface area (Å²) in [5, 5.41) is 0. The first kappa shape index (κ1) is 33.9. The van der Waals surface area contributed by atoms with Crippen LogP contribution in [-0.4, -0.2) is 0 Å². The molecule has 0 atom stereocenters. The average molecular weight is 752 g/mol. The maximum Gasteiger partial charge on any atom is 0.0725 e. The lowest BCUT2D eigenvalue weighted by molar-refractivity contribution is 0.660. The van der Waals surface area contributed by atoms with Gasteiger partial charge in [-0.2, -0.15) is 0 Å². The summed E-state index contributed by atoms with van der Waals surface area (Å²) in [5.74, 6) is 0. The normalized spacial score (nSPS) is 14.2. The molecule has 0 radical (unpaired) electrons. The van der Waals surface area contributed by atoms with Gasteiger partial charge in [-0.05, 0) is 131 Å². The van der Waals surface area contributed by atoms with Crippen LogP contribution in [0.5, 0.6) is 0 Å². The molecule has 0 bridgehead atoms. The van der Waals surface area contributed by atoms with E-state index < -0.39 is 0 Å². The molecule has 0 unspecified atom stereocenters. The molecule has 0 aromatic heterocycles. The molecular formula is C58H41N. The molecule has 1 heteroatoms. The smallest absolute Gasteiger partial charge is 0.0725 e. The Bertz CT molecular complexity index is 3070. The fourth-order valence-electron chi connectivity index (χ4n) is 10.8. The third-order valence-corrected chi connectivity index (χ3v) is 13.5. The monoisotopic (exact) mass is 751 g/mol. The van der Waals surface area contributed by atoms with Gasteiger partial charge in [-0.25, -0.2) is 0 Å². The van der Waals surface area contributed by atoms with Gasteiger partial charge in [0.2, 0.25) is 0 Å². The van der Waals surface area contributed by atoms with Crippen molar-refractivity contribution >= 4 is 17.1 Å². The van der Waals surface area contributed by atoms with E-state index in [1.54, 1.807) is 0 Å². The van der Waals surface area contributed by atoms with Gasteiger partial charge in [-0.1, -0.05) is 184 Å². The van der Waals surface area contributed by atoms with Crippen molar-refractivity contribution in [3.8, 4) is 55.6 Å². The van der Waals surface area contributed by atoms with Crippen molar-refractivity contribution in [1.82, 2.24) is 0 Å². The number of nitrogens with zero attached hydrogens (tertiary/aromatic N) is 1. The van der Waals surface area contributed by atoms with Gasteiger partial charge < -0.3 is 4.90 Å². The van der Waals surface area contributed by atoms with Crippen LogP contribution >= 0.6 is 0 Å². The van der Waals surface area contributed by atoms with Crippen LogP contribution in [0.2, 0.25) is 0 Å². The summed E-state index contributed by atoms with van der Waals surface area (Å²) in [4.78, 5) is 2.47. The van der Waals surface area contributed by atoms with E-state index in [1.165, 1.54) is 89.0 Å². The van der Waals surface area contributed by atoms with Crippen molar-refractivity contribution in [3.05, 3.63) is 246 Å². The largest absolute Gasteiger partial charge is 0.310 e. The Hall–Kier alpha value is -7.22. The molecule has 59 heavy (non-hydrogen) atoms. The van der Waals surface area contributed by atoms with Crippen LogP contribution in [0, 0.1) is 0 Å². The minimum Gasteiger partial charge on any atom is -0.310 e. The fraction of sp³-hybridized carbons (Fsp3) is 0.0690. The lowest BCUT2D eigenvalue weighted by atomic mass is 9.70. The van der Waals surface area contributed by atoms with Crippen LogP contribution in [0.15, 0.2) is 212 Å². The average Bonchev–Trinajstić information content (AvgIpc) is 3.85. The number of fused-ring (bicyclic) bond motifs is 13. The molecule has 3 aliphatic carbocycles. The van der Waals surface area contributed by atoms with Crippen LogP contribution in [-0.2, 0) is 10.8 Å². The third kappa shape index (κ3) is 4.79. The Balaban J connectivity index is 1.04. The summed E-state index contributed by atoms with van der Waals surface area (Å²) in [6, 6.07) is 79.1. The molecule has 278 valence electrons. The topological polar surface area (TPSA) is 3.24 Å². The van der Waals surface area contributed by atoms with Crippen LogP contribution < -0.4 is 4.90 Å². The van der Waals surface area contributed by atoms with E-state index in [1.807, 2.05) is 0 Å². The van der Waals surface area contributed by atoms with E-state index in [0.29, 0.717) is 0 Å². The van der Waals surface area contributed by atoms with Crippen LogP contribution in [0.3, 0.4) is 0 Å². The SMILES string of the molecule is CC1(C)c2cc(-c3ccccc3)ccc2-c2ccc(N(c3ccc(-c4ccccc4)cc3)c3ccc4c(c3)-c3ccccc3C43c4ccccc4-c4ccccc43)cc21. The molecule has 12 rings (SSSR count). The van der Waals surface area contributed by atoms with Crippen molar-refractivity contribution in [2.45, 2.75) is 24.7 Å². The highest BCUT2D eigenvalue weighted by Gasteiger charge is 2.51. The first-order valence-electron chi connectivity index (χ1n) is 20.8. The van der Waals surface area contributed by atoms with Gasteiger partial charge in [-0.3, -0.25) is 0 Å². The summed E-state index contributed by atoms with van der Waals surface area (Å²) in [5.41, 5.74) is 23.8. The zero-order chi connectivity index (χ0) is 39.3. The Morgan fingerprint density at radius 3 is 1.27 bits per heavy atom. The van der Waals surface area contributed by atoms with Gasteiger partial charge in [-0.15, -0.1) is 0 Å². The van der Waals surface area contributed by atoms with Crippen molar-refractivity contribution < 1.29 is 0 Å². The Morgan fingerprint density at radius 2 is 0.661 bits per heavy atom. The highest BCUT2D eigenvalue weighted by molar-refractivity contribution is 5.97. The molecule has 1 spiro atoms. The molecule has 9 aromatic carbocycles. The standard InChI is InChI=1S/C58H41N/c1-57(2)55-35-41(39-17-7-4-8-18-39)27-32-48(55)49-33-30-44(37-56(49)57)59(42-28-25-40(26-29-42)38-15-5-3-6-16-38)43-31-34-54-50(36-43)47-21-11-14-24-53(47)58(54)51-22-12-9-19-45(51)46-20-10-13-23-52(46)58/h3-37H,1-2H3. The number of anilines is 3. The van der Waals surface area contributed by atoms with Crippen molar-refractivity contribution in [1.29, 1.82) is 0 Å². The molecule has 0 N–H and O–H groups in total. The third-order valence-electron chi connectivity index (χ3n) is 13.5. The molecule has 9 aromatic rings. The molecule has 0 heterocycles. The predicted octanol–water partition coefficient (Wildman–Crippen LogP) is 15.1. The zero-order valence-electron chi connectivity index (χ0n) is 33.2. The molecule has 0 fully saturated rings.